The summed E-state index contributed by atoms with van der Waals surface area (Å²) in [6, 6.07) is 7.79. The van der Waals surface area contributed by atoms with Crippen LogP contribution in [0.3, 0.4) is 0 Å². The average molecular weight is 206 g/mol. The fourth-order valence-corrected chi connectivity index (χ4v) is 1.85. The van der Waals surface area contributed by atoms with Gasteiger partial charge in [0.2, 0.25) is 0 Å². The molecule has 1 aromatic rings. The van der Waals surface area contributed by atoms with E-state index in [1.165, 1.54) is 0 Å². The first kappa shape index (κ1) is 10.2. The number of carbonyl (C=O) groups is 1. The van der Waals surface area contributed by atoms with Crippen molar-refractivity contribution in [3.63, 3.8) is 0 Å². The standard InChI is InChI=1S/C12H14O3/c1-14-10-4-2-3-9(7-10)12-6-5-11(8-13)15-12/h2-4,7-8,11-12H,5-6H2,1H3. The summed E-state index contributed by atoms with van der Waals surface area (Å²) >= 11 is 0. The van der Waals surface area contributed by atoms with E-state index >= 15 is 0 Å². The molecule has 2 rings (SSSR count). The summed E-state index contributed by atoms with van der Waals surface area (Å²) in [5.41, 5.74) is 1.08. The van der Waals surface area contributed by atoms with Gasteiger partial charge in [-0.1, -0.05) is 12.1 Å². The van der Waals surface area contributed by atoms with E-state index in [2.05, 4.69) is 0 Å². The van der Waals surface area contributed by atoms with Crippen LogP contribution in [0.2, 0.25) is 0 Å². The van der Waals surface area contributed by atoms with Crippen LogP contribution in [0.5, 0.6) is 5.75 Å². The van der Waals surface area contributed by atoms with Crippen LogP contribution >= 0.6 is 0 Å². The molecule has 1 heterocycles. The first-order chi connectivity index (χ1) is 7.33. The maximum atomic E-state index is 10.6. The molecule has 3 nitrogen and oxygen atoms in total. The highest BCUT2D eigenvalue weighted by atomic mass is 16.5. The fraction of sp³-hybridized carbons (Fsp3) is 0.417. The van der Waals surface area contributed by atoms with Crippen molar-refractivity contribution in [1.82, 2.24) is 0 Å². The van der Waals surface area contributed by atoms with E-state index in [9.17, 15) is 4.79 Å². The topological polar surface area (TPSA) is 35.5 Å². The molecule has 1 fully saturated rings. The molecule has 0 radical (unpaired) electrons. The first-order valence-corrected chi connectivity index (χ1v) is 5.08. The summed E-state index contributed by atoms with van der Waals surface area (Å²) in [6.45, 7) is 0. The lowest BCUT2D eigenvalue weighted by atomic mass is 10.1. The van der Waals surface area contributed by atoms with Gasteiger partial charge in [-0.05, 0) is 30.5 Å². The van der Waals surface area contributed by atoms with Crippen LogP contribution < -0.4 is 4.74 Å². The van der Waals surface area contributed by atoms with Crippen LogP contribution in [-0.2, 0) is 9.53 Å². The molecule has 0 aromatic heterocycles. The van der Waals surface area contributed by atoms with E-state index in [0.29, 0.717) is 0 Å². The number of carbonyl (C=O) groups excluding carboxylic acids is 1. The van der Waals surface area contributed by atoms with Gasteiger partial charge >= 0.3 is 0 Å². The second-order valence-electron chi connectivity index (χ2n) is 3.65. The lowest BCUT2D eigenvalue weighted by Gasteiger charge is -2.11. The van der Waals surface area contributed by atoms with Gasteiger partial charge < -0.3 is 14.3 Å². The predicted octanol–water partition coefficient (Wildman–Crippen LogP) is 2.11. The SMILES string of the molecule is COc1cccc(C2CCC(C=O)O2)c1. The average Bonchev–Trinajstić information content (AvgIpc) is 2.78. The maximum Gasteiger partial charge on any atom is 0.148 e. The van der Waals surface area contributed by atoms with Crippen molar-refractivity contribution in [2.45, 2.75) is 25.0 Å². The van der Waals surface area contributed by atoms with Gasteiger partial charge in [0.25, 0.3) is 0 Å². The Hall–Kier alpha value is -1.35. The van der Waals surface area contributed by atoms with Crippen molar-refractivity contribution < 1.29 is 14.3 Å². The van der Waals surface area contributed by atoms with Crippen molar-refractivity contribution in [2.24, 2.45) is 0 Å². The minimum Gasteiger partial charge on any atom is -0.497 e. The molecule has 3 heteroatoms. The van der Waals surface area contributed by atoms with Gasteiger partial charge in [-0.2, -0.15) is 0 Å². The van der Waals surface area contributed by atoms with E-state index in [0.717, 1.165) is 30.4 Å². The molecule has 1 saturated heterocycles. The summed E-state index contributed by atoms with van der Waals surface area (Å²) in [4.78, 5) is 10.6. The van der Waals surface area contributed by atoms with Crippen molar-refractivity contribution in [1.29, 1.82) is 0 Å². The molecule has 0 amide bonds. The molecule has 2 atom stereocenters. The quantitative estimate of drug-likeness (QED) is 0.710. The third-order valence-electron chi connectivity index (χ3n) is 2.67. The molecule has 1 aliphatic heterocycles. The first-order valence-electron chi connectivity index (χ1n) is 5.08. The van der Waals surface area contributed by atoms with Crippen molar-refractivity contribution in [3.8, 4) is 5.75 Å². The third-order valence-corrected chi connectivity index (χ3v) is 2.67. The van der Waals surface area contributed by atoms with Gasteiger partial charge in [0, 0.05) is 0 Å². The molecule has 15 heavy (non-hydrogen) atoms. The summed E-state index contributed by atoms with van der Waals surface area (Å²) in [6.07, 6.45) is 2.39. The van der Waals surface area contributed by atoms with E-state index < -0.39 is 0 Å². The second kappa shape index (κ2) is 4.45. The van der Waals surface area contributed by atoms with Crippen molar-refractivity contribution in [3.05, 3.63) is 29.8 Å². The van der Waals surface area contributed by atoms with Gasteiger partial charge in [0.15, 0.2) is 0 Å². The number of ether oxygens (including phenoxy) is 2. The van der Waals surface area contributed by atoms with Crippen LogP contribution in [-0.4, -0.2) is 19.5 Å². The van der Waals surface area contributed by atoms with Crippen molar-refractivity contribution >= 4 is 6.29 Å². The second-order valence-corrected chi connectivity index (χ2v) is 3.65. The van der Waals surface area contributed by atoms with E-state index in [1.807, 2.05) is 24.3 Å². The largest absolute Gasteiger partial charge is 0.497 e. The van der Waals surface area contributed by atoms with Gasteiger partial charge in [-0.15, -0.1) is 0 Å². The zero-order valence-electron chi connectivity index (χ0n) is 8.68. The molecular weight excluding hydrogens is 192 g/mol. The van der Waals surface area contributed by atoms with Gasteiger partial charge in [-0.25, -0.2) is 0 Å². The van der Waals surface area contributed by atoms with Crippen LogP contribution in [0.4, 0.5) is 0 Å². The van der Waals surface area contributed by atoms with Crippen molar-refractivity contribution in [2.75, 3.05) is 7.11 Å². The third kappa shape index (κ3) is 2.18. The van der Waals surface area contributed by atoms with Crippen LogP contribution in [0.25, 0.3) is 0 Å². The Bertz CT molecular complexity index is 348. The Kier molecular flexibility index (Phi) is 3.02. The molecule has 0 saturated carbocycles. The van der Waals surface area contributed by atoms with E-state index in [4.69, 9.17) is 9.47 Å². The van der Waals surface area contributed by atoms with Crippen LogP contribution in [0, 0.1) is 0 Å². The Balaban J connectivity index is 2.12. The zero-order chi connectivity index (χ0) is 10.7. The molecule has 0 N–H and O–H groups in total. The molecule has 1 aromatic carbocycles. The molecule has 1 aliphatic rings. The molecule has 80 valence electrons. The summed E-state index contributed by atoms with van der Waals surface area (Å²) in [7, 11) is 1.64. The monoisotopic (exact) mass is 206 g/mol. The van der Waals surface area contributed by atoms with Gasteiger partial charge in [-0.3, -0.25) is 0 Å². The molecular formula is C12H14O3. The van der Waals surface area contributed by atoms with E-state index in [1.54, 1.807) is 7.11 Å². The summed E-state index contributed by atoms with van der Waals surface area (Å²) in [5, 5.41) is 0. The summed E-state index contributed by atoms with van der Waals surface area (Å²) in [5.74, 6) is 0.825. The zero-order valence-corrected chi connectivity index (χ0v) is 8.68. The smallest absolute Gasteiger partial charge is 0.148 e. The number of rotatable bonds is 3. The van der Waals surface area contributed by atoms with Gasteiger partial charge in [0.1, 0.15) is 18.1 Å². The number of aldehydes is 1. The number of methoxy groups -OCH3 is 1. The molecule has 0 spiro atoms. The minimum absolute atomic E-state index is 0.0373. The summed E-state index contributed by atoms with van der Waals surface area (Å²) < 4.78 is 10.7. The molecule has 2 unspecified atom stereocenters. The van der Waals surface area contributed by atoms with Gasteiger partial charge in [0.05, 0.1) is 13.2 Å². The lowest BCUT2D eigenvalue weighted by Crippen LogP contribution is -2.07. The number of benzene rings is 1. The highest BCUT2D eigenvalue weighted by Crippen LogP contribution is 2.33. The Morgan fingerprint density at radius 3 is 3.00 bits per heavy atom. The maximum absolute atomic E-state index is 10.6. The molecule has 0 aliphatic carbocycles. The van der Waals surface area contributed by atoms with Crippen LogP contribution in [0.15, 0.2) is 24.3 Å². The van der Waals surface area contributed by atoms with Crippen LogP contribution in [0.1, 0.15) is 24.5 Å². The number of hydrogen-bond donors (Lipinski definition) is 0. The number of hydrogen-bond acceptors (Lipinski definition) is 3. The molecule has 0 bridgehead atoms. The van der Waals surface area contributed by atoms with E-state index in [-0.39, 0.29) is 12.2 Å². The Labute approximate surface area is 89.0 Å². The lowest BCUT2D eigenvalue weighted by molar-refractivity contribution is -0.117. The Morgan fingerprint density at radius 1 is 1.47 bits per heavy atom. The predicted molar refractivity (Wildman–Crippen MR) is 55.9 cm³/mol. The highest BCUT2D eigenvalue weighted by Gasteiger charge is 2.25. The highest BCUT2D eigenvalue weighted by molar-refractivity contribution is 5.56. The normalized spacial score (nSPS) is 25.1. The minimum atomic E-state index is -0.235. The Morgan fingerprint density at radius 2 is 2.33 bits per heavy atom. The fourth-order valence-electron chi connectivity index (χ4n) is 1.85.